The Morgan fingerprint density at radius 3 is 2.73 bits per heavy atom. The molecule has 2 N–H and O–H groups in total. The number of methoxy groups -OCH3 is 1. The van der Waals surface area contributed by atoms with Crippen molar-refractivity contribution in [3.8, 4) is 0 Å². The molecule has 9 heteroatoms. The van der Waals surface area contributed by atoms with Gasteiger partial charge < -0.3 is 20.3 Å². The highest BCUT2D eigenvalue weighted by Gasteiger charge is 2.22. The number of nitrogens with zero attached hydrogens (tertiary/aromatic N) is 5. The van der Waals surface area contributed by atoms with E-state index < -0.39 is 0 Å². The zero-order chi connectivity index (χ0) is 20.6. The van der Waals surface area contributed by atoms with Crippen molar-refractivity contribution in [3.63, 3.8) is 0 Å². The van der Waals surface area contributed by atoms with E-state index in [2.05, 4.69) is 69.0 Å². The molecule has 166 valence electrons. The van der Waals surface area contributed by atoms with Crippen LogP contribution in [0.4, 0.5) is 5.69 Å². The fourth-order valence-electron chi connectivity index (χ4n) is 3.52. The SMILES string of the molecule is CN=C(NCCCc1ccc(N(C)C)cc1)NC1CCc2nc(COC)nn2C1.I. The molecule has 1 unspecified atom stereocenters. The first-order chi connectivity index (χ1) is 14.1. The Labute approximate surface area is 196 Å². The number of ether oxygens (including phenoxy) is 1. The maximum atomic E-state index is 5.13. The number of hydrogen-bond donors (Lipinski definition) is 2. The number of halogens is 1. The predicted molar refractivity (Wildman–Crippen MR) is 132 cm³/mol. The van der Waals surface area contributed by atoms with Crippen LogP contribution < -0.4 is 15.5 Å². The molecule has 8 nitrogen and oxygen atoms in total. The summed E-state index contributed by atoms with van der Waals surface area (Å²) in [4.78, 5) is 11.0. The van der Waals surface area contributed by atoms with Crippen LogP contribution in [-0.2, 0) is 30.7 Å². The summed E-state index contributed by atoms with van der Waals surface area (Å²) in [7, 11) is 7.60. The van der Waals surface area contributed by atoms with Crippen molar-refractivity contribution < 1.29 is 4.74 Å². The lowest BCUT2D eigenvalue weighted by Gasteiger charge is -2.25. The number of nitrogens with one attached hydrogen (secondary N) is 2. The molecule has 1 aliphatic heterocycles. The third-order valence-electron chi connectivity index (χ3n) is 5.13. The summed E-state index contributed by atoms with van der Waals surface area (Å²) < 4.78 is 7.12. The predicted octanol–water partition coefficient (Wildman–Crippen LogP) is 2.22. The summed E-state index contributed by atoms with van der Waals surface area (Å²) in [6.07, 6.45) is 4.03. The Bertz CT molecular complexity index is 804. The lowest BCUT2D eigenvalue weighted by Crippen LogP contribution is -2.47. The second kappa shape index (κ2) is 12.1. The highest BCUT2D eigenvalue weighted by atomic mass is 127. The summed E-state index contributed by atoms with van der Waals surface area (Å²) >= 11 is 0. The van der Waals surface area contributed by atoms with Gasteiger partial charge in [0.05, 0.1) is 6.54 Å². The van der Waals surface area contributed by atoms with E-state index in [4.69, 9.17) is 4.74 Å². The summed E-state index contributed by atoms with van der Waals surface area (Å²) in [6, 6.07) is 9.05. The van der Waals surface area contributed by atoms with Crippen LogP contribution in [0, 0.1) is 0 Å². The quantitative estimate of drug-likeness (QED) is 0.237. The Kier molecular flexibility index (Phi) is 9.83. The maximum absolute atomic E-state index is 5.13. The van der Waals surface area contributed by atoms with Gasteiger partial charge in [0.25, 0.3) is 0 Å². The van der Waals surface area contributed by atoms with Crippen LogP contribution in [0.25, 0.3) is 0 Å². The van der Waals surface area contributed by atoms with Crippen LogP contribution in [0.5, 0.6) is 0 Å². The van der Waals surface area contributed by atoms with Gasteiger partial charge in [0, 0.05) is 52.9 Å². The zero-order valence-corrected chi connectivity index (χ0v) is 20.7. The van der Waals surface area contributed by atoms with Gasteiger partial charge in [-0.05, 0) is 37.0 Å². The van der Waals surface area contributed by atoms with E-state index >= 15 is 0 Å². The maximum Gasteiger partial charge on any atom is 0.191 e. The van der Waals surface area contributed by atoms with Crippen LogP contribution in [0.2, 0.25) is 0 Å². The van der Waals surface area contributed by atoms with Crippen molar-refractivity contribution in [2.75, 3.05) is 39.7 Å². The number of aromatic nitrogens is 3. The smallest absolute Gasteiger partial charge is 0.191 e. The minimum Gasteiger partial charge on any atom is -0.378 e. The molecule has 1 atom stereocenters. The highest BCUT2D eigenvalue weighted by molar-refractivity contribution is 14.0. The van der Waals surface area contributed by atoms with Crippen molar-refractivity contribution in [1.82, 2.24) is 25.4 Å². The molecule has 0 aliphatic carbocycles. The van der Waals surface area contributed by atoms with Gasteiger partial charge in [-0.3, -0.25) is 4.99 Å². The van der Waals surface area contributed by atoms with Crippen LogP contribution in [-0.4, -0.2) is 61.6 Å². The van der Waals surface area contributed by atoms with E-state index in [1.165, 1.54) is 11.3 Å². The molecule has 0 bridgehead atoms. The third-order valence-corrected chi connectivity index (χ3v) is 5.13. The molecule has 0 fully saturated rings. The summed E-state index contributed by atoms with van der Waals surface area (Å²) in [6.45, 7) is 2.14. The zero-order valence-electron chi connectivity index (χ0n) is 18.4. The highest BCUT2D eigenvalue weighted by Crippen LogP contribution is 2.14. The fourth-order valence-corrected chi connectivity index (χ4v) is 3.52. The van der Waals surface area contributed by atoms with Crippen molar-refractivity contribution >= 4 is 35.6 Å². The lowest BCUT2D eigenvalue weighted by atomic mass is 10.1. The second-order valence-electron chi connectivity index (χ2n) is 7.60. The molecule has 0 spiro atoms. The van der Waals surface area contributed by atoms with Crippen molar-refractivity contribution in [2.24, 2.45) is 4.99 Å². The average molecular weight is 527 g/mol. The number of fused-ring (bicyclic) bond motifs is 1. The Morgan fingerprint density at radius 2 is 2.07 bits per heavy atom. The second-order valence-corrected chi connectivity index (χ2v) is 7.60. The Morgan fingerprint density at radius 1 is 1.30 bits per heavy atom. The molecule has 2 heterocycles. The molecule has 30 heavy (non-hydrogen) atoms. The van der Waals surface area contributed by atoms with Crippen LogP contribution in [0.15, 0.2) is 29.3 Å². The number of guanidine groups is 1. The molecule has 0 amide bonds. The van der Waals surface area contributed by atoms with Crippen LogP contribution in [0.1, 0.15) is 30.1 Å². The van der Waals surface area contributed by atoms with Gasteiger partial charge in [-0.1, -0.05) is 12.1 Å². The number of aliphatic imine (C=N–C) groups is 1. The van der Waals surface area contributed by atoms with E-state index in [1.807, 2.05) is 11.7 Å². The van der Waals surface area contributed by atoms with E-state index in [0.29, 0.717) is 12.6 Å². The summed E-state index contributed by atoms with van der Waals surface area (Å²) in [5.41, 5.74) is 2.59. The van der Waals surface area contributed by atoms with Crippen LogP contribution >= 0.6 is 24.0 Å². The summed E-state index contributed by atoms with van der Waals surface area (Å²) in [5.74, 6) is 2.64. The number of benzene rings is 1. The largest absolute Gasteiger partial charge is 0.378 e. The topological polar surface area (TPSA) is 79.6 Å². The number of anilines is 1. The van der Waals surface area contributed by atoms with Gasteiger partial charge in [-0.25, -0.2) is 9.67 Å². The monoisotopic (exact) mass is 527 g/mol. The average Bonchev–Trinajstić information content (AvgIpc) is 3.12. The van der Waals surface area contributed by atoms with Gasteiger partial charge >= 0.3 is 0 Å². The minimum atomic E-state index is 0. The first-order valence-electron chi connectivity index (χ1n) is 10.2. The molecular weight excluding hydrogens is 493 g/mol. The van der Waals surface area contributed by atoms with Crippen molar-refractivity contribution in [3.05, 3.63) is 41.5 Å². The van der Waals surface area contributed by atoms with Gasteiger partial charge in [0.1, 0.15) is 12.4 Å². The summed E-state index contributed by atoms with van der Waals surface area (Å²) in [5, 5.41) is 11.5. The molecule has 0 radical (unpaired) electrons. The number of hydrogen-bond acceptors (Lipinski definition) is 5. The van der Waals surface area contributed by atoms with E-state index in [1.54, 1.807) is 7.11 Å². The molecule has 1 aromatic heterocycles. The van der Waals surface area contributed by atoms with Gasteiger partial charge in [0.15, 0.2) is 11.8 Å². The number of aryl methyl sites for hydroxylation is 2. The Balaban J connectivity index is 0.00000320. The first-order valence-corrected chi connectivity index (χ1v) is 10.2. The van der Waals surface area contributed by atoms with E-state index in [-0.39, 0.29) is 24.0 Å². The lowest BCUT2D eigenvalue weighted by molar-refractivity contribution is 0.177. The molecule has 1 aromatic carbocycles. The molecule has 0 saturated carbocycles. The fraction of sp³-hybridized carbons (Fsp3) is 0.571. The molecule has 2 aromatic rings. The molecule has 1 aliphatic rings. The van der Waals surface area contributed by atoms with Crippen molar-refractivity contribution in [1.29, 1.82) is 0 Å². The Hall–Kier alpha value is -1.88. The van der Waals surface area contributed by atoms with Gasteiger partial charge in [-0.2, -0.15) is 5.10 Å². The van der Waals surface area contributed by atoms with Crippen LogP contribution in [0.3, 0.4) is 0 Å². The molecular formula is C21H34IN7O. The van der Waals surface area contributed by atoms with Gasteiger partial charge in [-0.15, -0.1) is 24.0 Å². The van der Waals surface area contributed by atoms with E-state index in [9.17, 15) is 0 Å². The third kappa shape index (κ3) is 6.83. The molecule has 0 saturated heterocycles. The number of rotatable bonds is 8. The standard InChI is InChI=1S/C21H33N7O.HI/c1-22-21(23-13-5-6-16-7-10-18(11-8-16)27(2)3)24-17-9-12-20-25-19(15-29-4)26-28(20)14-17;/h7-8,10-11,17H,5-6,9,12-15H2,1-4H3,(H2,22,23,24);1H. The van der Waals surface area contributed by atoms with Gasteiger partial charge in [0.2, 0.25) is 0 Å². The van der Waals surface area contributed by atoms with Crippen molar-refractivity contribution in [2.45, 2.75) is 44.9 Å². The normalized spacial score (nSPS) is 15.9. The first kappa shape index (κ1) is 24.4. The van der Waals surface area contributed by atoms with E-state index in [0.717, 1.165) is 56.4 Å². The molecule has 3 rings (SSSR count). The minimum absolute atomic E-state index is 0.